The first-order chi connectivity index (χ1) is 9.22. The molecule has 0 spiro atoms. The smallest absolute Gasteiger partial charge is 0.137 e. The average Bonchev–Trinajstić information content (AvgIpc) is 3.20. The topological polar surface area (TPSA) is 15.3 Å². The molecule has 104 valence electrons. The van der Waals surface area contributed by atoms with Gasteiger partial charge in [0.05, 0.1) is 4.47 Å². The van der Waals surface area contributed by atoms with Crippen LogP contribution in [-0.4, -0.2) is 30.6 Å². The molecule has 3 rings (SSSR count). The Hall–Kier alpha value is -0.450. The van der Waals surface area contributed by atoms with Gasteiger partial charge in [-0.25, -0.2) is 4.39 Å². The number of halogens is 2. The molecule has 1 aliphatic heterocycles. The van der Waals surface area contributed by atoms with Crippen molar-refractivity contribution >= 4 is 15.9 Å². The van der Waals surface area contributed by atoms with Crippen molar-refractivity contribution in [3.05, 3.63) is 34.1 Å². The molecule has 2 fully saturated rings. The predicted molar refractivity (Wildman–Crippen MR) is 78.5 cm³/mol. The SMILES string of the molecule is Fc1ccc(CN2CCCNC(C3CC3)C2)cc1Br. The van der Waals surface area contributed by atoms with Crippen molar-refractivity contribution in [3.63, 3.8) is 0 Å². The Morgan fingerprint density at radius 1 is 1.37 bits per heavy atom. The van der Waals surface area contributed by atoms with E-state index in [1.165, 1.54) is 24.8 Å². The Kier molecular flexibility index (Phi) is 4.20. The van der Waals surface area contributed by atoms with Crippen LogP contribution in [0.3, 0.4) is 0 Å². The lowest BCUT2D eigenvalue weighted by Crippen LogP contribution is -2.38. The molecular formula is C15H20BrFN2. The van der Waals surface area contributed by atoms with Crippen molar-refractivity contribution in [2.75, 3.05) is 19.6 Å². The van der Waals surface area contributed by atoms with Crippen LogP contribution in [0.2, 0.25) is 0 Å². The zero-order valence-corrected chi connectivity index (χ0v) is 12.6. The van der Waals surface area contributed by atoms with Gasteiger partial charge >= 0.3 is 0 Å². The van der Waals surface area contributed by atoms with Crippen LogP contribution in [0.25, 0.3) is 0 Å². The third-order valence-corrected chi connectivity index (χ3v) is 4.70. The Labute approximate surface area is 122 Å². The Morgan fingerprint density at radius 2 is 2.21 bits per heavy atom. The first-order valence-electron chi connectivity index (χ1n) is 7.12. The van der Waals surface area contributed by atoms with Crippen LogP contribution in [0.15, 0.2) is 22.7 Å². The standard InChI is InChI=1S/C15H20BrFN2/c16-13-8-11(2-5-14(13)17)9-19-7-1-6-18-15(10-19)12-3-4-12/h2,5,8,12,15,18H,1,3-4,6-7,9-10H2. The van der Waals surface area contributed by atoms with Gasteiger partial charge in [-0.05, 0) is 71.9 Å². The third-order valence-electron chi connectivity index (χ3n) is 4.09. The number of hydrogen-bond donors (Lipinski definition) is 1. The van der Waals surface area contributed by atoms with E-state index in [2.05, 4.69) is 26.1 Å². The zero-order valence-electron chi connectivity index (χ0n) is 11.0. The summed E-state index contributed by atoms with van der Waals surface area (Å²) in [7, 11) is 0. The molecule has 0 aromatic heterocycles. The highest BCUT2D eigenvalue weighted by Crippen LogP contribution is 2.33. The van der Waals surface area contributed by atoms with Gasteiger partial charge < -0.3 is 5.32 Å². The van der Waals surface area contributed by atoms with Crippen LogP contribution in [-0.2, 0) is 6.54 Å². The summed E-state index contributed by atoms with van der Waals surface area (Å²) >= 11 is 3.27. The second-order valence-electron chi connectivity index (χ2n) is 5.74. The van der Waals surface area contributed by atoms with Crippen LogP contribution in [0, 0.1) is 11.7 Å². The number of hydrogen-bond acceptors (Lipinski definition) is 2. The van der Waals surface area contributed by atoms with Crippen molar-refractivity contribution in [2.45, 2.75) is 31.8 Å². The summed E-state index contributed by atoms with van der Waals surface area (Å²) in [5, 5.41) is 3.67. The van der Waals surface area contributed by atoms with Gasteiger partial charge in [-0.1, -0.05) is 6.07 Å². The molecule has 1 saturated heterocycles. The number of rotatable bonds is 3. The quantitative estimate of drug-likeness (QED) is 0.917. The first-order valence-corrected chi connectivity index (χ1v) is 7.91. The van der Waals surface area contributed by atoms with E-state index < -0.39 is 0 Å². The van der Waals surface area contributed by atoms with Gasteiger partial charge in [-0.2, -0.15) is 0 Å². The van der Waals surface area contributed by atoms with E-state index in [4.69, 9.17) is 0 Å². The van der Waals surface area contributed by atoms with Crippen LogP contribution in [0.4, 0.5) is 4.39 Å². The molecular weight excluding hydrogens is 307 g/mol. The first kappa shape index (κ1) is 13.5. The highest BCUT2D eigenvalue weighted by Gasteiger charge is 2.32. The molecule has 1 N–H and O–H groups in total. The van der Waals surface area contributed by atoms with E-state index in [1.807, 2.05) is 12.1 Å². The van der Waals surface area contributed by atoms with Gasteiger partial charge in [0.25, 0.3) is 0 Å². The maximum atomic E-state index is 13.2. The van der Waals surface area contributed by atoms with Crippen molar-refractivity contribution in [1.29, 1.82) is 0 Å². The minimum absolute atomic E-state index is 0.183. The second-order valence-corrected chi connectivity index (χ2v) is 6.59. The van der Waals surface area contributed by atoms with E-state index in [9.17, 15) is 4.39 Å². The minimum atomic E-state index is -0.183. The maximum Gasteiger partial charge on any atom is 0.137 e. The van der Waals surface area contributed by atoms with Crippen molar-refractivity contribution < 1.29 is 4.39 Å². The fourth-order valence-electron chi connectivity index (χ4n) is 2.88. The highest BCUT2D eigenvalue weighted by atomic mass is 79.9. The van der Waals surface area contributed by atoms with Crippen molar-refractivity contribution in [2.24, 2.45) is 5.92 Å². The lowest BCUT2D eigenvalue weighted by molar-refractivity contribution is 0.250. The molecule has 1 unspecified atom stereocenters. The second kappa shape index (κ2) is 5.90. The van der Waals surface area contributed by atoms with E-state index in [0.717, 1.165) is 32.1 Å². The zero-order chi connectivity index (χ0) is 13.2. The minimum Gasteiger partial charge on any atom is -0.312 e. The van der Waals surface area contributed by atoms with Gasteiger partial charge in [0.15, 0.2) is 0 Å². The molecule has 19 heavy (non-hydrogen) atoms. The van der Waals surface area contributed by atoms with Crippen LogP contribution >= 0.6 is 15.9 Å². The molecule has 0 radical (unpaired) electrons. The Morgan fingerprint density at radius 3 is 2.95 bits per heavy atom. The lowest BCUT2D eigenvalue weighted by atomic mass is 10.1. The summed E-state index contributed by atoms with van der Waals surface area (Å²) in [6, 6.07) is 6.00. The predicted octanol–water partition coefficient (Wildman–Crippen LogP) is 3.16. The number of nitrogens with one attached hydrogen (secondary N) is 1. The summed E-state index contributed by atoms with van der Waals surface area (Å²) in [5.41, 5.74) is 1.18. The summed E-state index contributed by atoms with van der Waals surface area (Å²) in [4.78, 5) is 2.50. The molecule has 4 heteroatoms. The molecule has 1 heterocycles. The fraction of sp³-hybridized carbons (Fsp3) is 0.600. The number of benzene rings is 1. The van der Waals surface area contributed by atoms with Gasteiger partial charge in [-0.15, -0.1) is 0 Å². The van der Waals surface area contributed by atoms with Crippen molar-refractivity contribution in [1.82, 2.24) is 10.2 Å². The molecule has 1 aromatic rings. The van der Waals surface area contributed by atoms with E-state index >= 15 is 0 Å². The fourth-order valence-corrected chi connectivity index (χ4v) is 3.30. The normalized spacial score (nSPS) is 25.3. The summed E-state index contributed by atoms with van der Waals surface area (Å²) in [6.45, 7) is 4.30. The van der Waals surface area contributed by atoms with E-state index in [1.54, 1.807) is 6.07 Å². The molecule has 1 aromatic carbocycles. The Balaban J connectivity index is 1.65. The lowest BCUT2D eigenvalue weighted by Gasteiger charge is -2.24. The van der Waals surface area contributed by atoms with Crippen LogP contribution < -0.4 is 5.32 Å². The summed E-state index contributed by atoms with van der Waals surface area (Å²) in [5.74, 6) is 0.706. The molecule has 0 bridgehead atoms. The molecule has 1 aliphatic carbocycles. The summed E-state index contributed by atoms with van der Waals surface area (Å²) < 4.78 is 13.8. The largest absolute Gasteiger partial charge is 0.312 e. The molecule has 2 aliphatic rings. The molecule has 0 amide bonds. The molecule has 1 atom stereocenters. The van der Waals surface area contributed by atoms with Crippen LogP contribution in [0.5, 0.6) is 0 Å². The monoisotopic (exact) mass is 326 g/mol. The third kappa shape index (κ3) is 3.56. The van der Waals surface area contributed by atoms with Gasteiger partial charge in [-0.3, -0.25) is 4.90 Å². The average molecular weight is 327 g/mol. The van der Waals surface area contributed by atoms with E-state index in [0.29, 0.717) is 10.5 Å². The van der Waals surface area contributed by atoms with Crippen LogP contribution in [0.1, 0.15) is 24.8 Å². The molecule has 2 nitrogen and oxygen atoms in total. The van der Waals surface area contributed by atoms with E-state index in [-0.39, 0.29) is 5.82 Å². The summed E-state index contributed by atoms with van der Waals surface area (Å²) in [6.07, 6.45) is 3.97. The van der Waals surface area contributed by atoms with Gasteiger partial charge in [0.2, 0.25) is 0 Å². The van der Waals surface area contributed by atoms with Gasteiger partial charge in [0.1, 0.15) is 5.82 Å². The van der Waals surface area contributed by atoms with Gasteiger partial charge in [0, 0.05) is 19.1 Å². The highest BCUT2D eigenvalue weighted by molar-refractivity contribution is 9.10. The van der Waals surface area contributed by atoms with Crippen molar-refractivity contribution in [3.8, 4) is 0 Å². The molecule has 1 saturated carbocycles. The number of nitrogens with zero attached hydrogens (tertiary/aromatic N) is 1. The maximum absolute atomic E-state index is 13.2. The Bertz CT molecular complexity index is 448.